The van der Waals surface area contributed by atoms with Crippen molar-refractivity contribution in [1.29, 1.82) is 0 Å². The minimum absolute atomic E-state index is 0.0535. The van der Waals surface area contributed by atoms with Crippen LogP contribution in [0, 0.1) is 0 Å². The number of nitrogens with two attached hydrogens (primary N) is 1. The van der Waals surface area contributed by atoms with Gasteiger partial charge in [-0.3, -0.25) is 4.79 Å². The number of anilines is 1. The van der Waals surface area contributed by atoms with Gasteiger partial charge in [-0.15, -0.1) is 0 Å². The van der Waals surface area contributed by atoms with E-state index in [1.54, 1.807) is 6.92 Å². The van der Waals surface area contributed by atoms with E-state index in [4.69, 9.17) is 10.5 Å². The van der Waals surface area contributed by atoms with Gasteiger partial charge in [-0.05, 0) is 25.1 Å². The molecule has 1 amide bonds. The van der Waals surface area contributed by atoms with Crippen molar-refractivity contribution in [3.63, 3.8) is 0 Å². The van der Waals surface area contributed by atoms with Crippen molar-refractivity contribution in [2.45, 2.75) is 11.8 Å². The Kier molecular flexibility index (Phi) is 2.80. The van der Waals surface area contributed by atoms with E-state index in [1.807, 2.05) is 0 Å². The van der Waals surface area contributed by atoms with Crippen LogP contribution in [0.1, 0.15) is 17.3 Å². The van der Waals surface area contributed by atoms with Crippen LogP contribution in [0.15, 0.2) is 23.1 Å². The van der Waals surface area contributed by atoms with Crippen LogP contribution in [0.5, 0.6) is 0 Å². The number of amides is 1. The molecule has 0 fully saturated rings. The second kappa shape index (κ2) is 4.01. The van der Waals surface area contributed by atoms with Gasteiger partial charge in [-0.1, -0.05) is 0 Å². The molecule has 0 saturated heterocycles. The van der Waals surface area contributed by atoms with Crippen LogP contribution in [0.3, 0.4) is 0 Å². The Morgan fingerprint density at radius 3 is 2.76 bits per heavy atom. The Morgan fingerprint density at radius 2 is 2.12 bits per heavy atom. The molecule has 1 aromatic rings. The van der Waals surface area contributed by atoms with Gasteiger partial charge in [0.15, 0.2) is 0 Å². The Labute approximate surface area is 99.0 Å². The smallest absolute Gasteiger partial charge is 0.271 e. The number of nitrogen functional groups attached to an aromatic ring is 1. The minimum Gasteiger partial charge on any atom is -0.399 e. The first-order valence-electron chi connectivity index (χ1n) is 5.03. The van der Waals surface area contributed by atoms with E-state index in [1.165, 1.54) is 18.2 Å². The quantitative estimate of drug-likeness (QED) is 0.791. The summed E-state index contributed by atoms with van der Waals surface area (Å²) in [5.41, 5.74) is 5.96. The van der Waals surface area contributed by atoms with E-state index in [-0.39, 0.29) is 17.2 Å². The maximum atomic E-state index is 12.0. The zero-order valence-corrected chi connectivity index (χ0v) is 10.0. The molecule has 0 saturated carbocycles. The maximum Gasteiger partial charge on any atom is 0.271 e. The van der Waals surface area contributed by atoms with Crippen molar-refractivity contribution in [2.24, 2.45) is 0 Å². The lowest BCUT2D eigenvalue weighted by Gasteiger charge is -2.13. The highest BCUT2D eigenvalue weighted by Gasteiger charge is 2.41. The van der Waals surface area contributed by atoms with Gasteiger partial charge in [0.05, 0.1) is 5.56 Å². The number of hydrogen-bond donors (Lipinski definition) is 1. The minimum atomic E-state index is -3.81. The number of hydrogen-bond acceptors (Lipinski definition) is 5. The Morgan fingerprint density at radius 1 is 1.41 bits per heavy atom. The zero-order chi connectivity index (χ0) is 12.6. The van der Waals surface area contributed by atoms with E-state index in [0.29, 0.717) is 16.6 Å². The third kappa shape index (κ3) is 1.77. The van der Waals surface area contributed by atoms with E-state index in [0.717, 1.165) is 0 Å². The first-order valence-corrected chi connectivity index (χ1v) is 6.47. The lowest BCUT2D eigenvalue weighted by Crippen LogP contribution is -2.32. The zero-order valence-electron chi connectivity index (χ0n) is 9.21. The lowest BCUT2D eigenvalue weighted by molar-refractivity contribution is 0.0574. The maximum absolute atomic E-state index is 12.0. The fraction of sp³-hybridized carbons (Fsp3) is 0.300. The predicted molar refractivity (Wildman–Crippen MR) is 60.7 cm³/mol. The molecule has 1 aliphatic rings. The van der Waals surface area contributed by atoms with Crippen molar-refractivity contribution in [3.05, 3.63) is 23.8 Å². The van der Waals surface area contributed by atoms with Crippen LogP contribution in [-0.4, -0.2) is 32.0 Å². The first-order chi connectivity index (χ1) is 7.98. The van der Waals surface area contributed by atoms with Crippen LogP contribution in [-0.2, 0) is 14.8 Å². The number of nitrogens with zero attached hydrogens (tertiary/aromatic N) is 1. The second-order valence-corrected chi connectivity index (χ2v) is 5.37. The van der Waals surface area contributed by atoms with Crippen LogP contribution >= 0.6 is 0 Å². The molecule has 0 aliphatic carbocycles. The summed E-state index contributed by atoms with van der Waals surface area (Å²) in [6.07, 6.45) is 0. The molecule has 2 N–H and O–H groups in total. The summed E-state index contributed by atoms with van der Waals surface area (Å²) in [6.45, 7) is 1.78. The predicted octanol–water partition coefficient (Wildman–Crippen LogP) is 0.407. The van der Waals surface area contributed by atoms with Gasteiger partial charge in [0.2, 0.25) is 0 Å². The number of rotatable bonds is 3. The molecule has 1 heterocycles. The number of carbonyl (C=O) groups excluding carboxylic acids is 1. The van der Waals surface area contributed by atoms with Crippen molar-refractivity contribution in [1.82, 2.24) is 4.31 Å². The monoisotopic (exact) mass is 256 g/mol. The normalized spacial score (nSPS) is 17.2. The van der Waals surface area contributed by atoms with Crippen molar-refractivity contribution in [3.8, 4) is 0 Å². The van der Waals surface area contributed by atoms with Gasteiger partial charge in [0, 0.05) is 12.3 Å². The molecule has 0 atom stereocenters. The summed E-state index contributed by atoms with van der Waals surface area (Å²) in [4.78, 5) is 11.8. The standard InChI is InChI=1S/C10H12N2O4S/c1-2-16-6-12-10(13)8-4-3-7(11)5-9(8)17(12,14)15/h3-5H,2,6,11H2,1H3. The number of fused-ring (bicyclic) bond motifs is 1. The Bertz CT molecular complexity index is 568. The van der Waals surface area contributed by atoms with Crippen molar-refractivity contribution >= 4 is 21.6 Å². The Balaban J connectivity index is 2.49. The topological polar surface area (TPSA) is 89.7 Å². The average Bonchev–Trinajstić information content (AvgIpc) is 2.45. The van der Waals surface area contributed by atoms with E-state index in [9.17, 15) is 13.2 Å². The summed E-state index contributed by atoms with van der Waals surface area (Å²) < 4.78 is 29.7. The molecule has 0 aromatic heterocycles. The van der Waals surface area contributed by atoms with E-state index < -0.39 is 15.9 Å². The van der Waals surface area contributed by atoms with Crippen LogP contribution in [0.25, 0.3) is 0 Å². The molecule has 0 radical (unpaired) electrons. The molecule has 1 aromatic carbocycles. The second-order valence-electron chi connectivity index (χ2n) is 3.54. The molecule has 7 heteroatoms. The number of benzene rings is 1. The molecule has 6 nitrogen and oxygen atoms in total. The first kappa shape index (κ1) is 11.9. The molecule has 92 valence electrons. The molecule has 0 spiro atoms. The highest BCUT2D eigenvalue weighted by Crippen LogP contribution is 2.31. The molecule has 1 aliphatic heterocycles. The molecule has 0 unspecified atom stereocenters. The van der Waals surface area contributed by atoms with Gasteiger partial charge in [0.25, 0.3) is 15.9 Å². The molecule has 0 bridgehead atoms. The van der Waals surface area contributed by atoms with Crippen molar-refractivity contribution < 1.29 is 17.9 Å². The molecule has 17 heavy (non-hydrogen) atoms. The third-order valence-corrected chi connectivity index (χ3v) is 4.19. The highest BCUT2D eigenvalue weighted by molar-refractivity contribution is 7.90. The molecular weight excluding hydrogens is 244 g/mol. The number of sulfonamides is 1. The fourth-order valence-corrected chi connectivity index (χ4v) is 3.08. The van der Waals surface area contributed by atoms with Gasteiger partial charge in [0.1, 0.15) is 11.6 Å². The molecular formula is C10H12N2O4S. The van der Waals surface area contributed by atoms with Gasteiger partial charge >= 0.3 is 0 Å². The van der Waals surface area contributed by atoms with Gasteiger partial charge in [-0.25, -0.2) is 12.7 Å². The van der Waals surface area contributed by atoms with E-state index >= 15 is 0 Å². The summed E-state index contributed by atoms with van der Waals surface area (Å²) in [6, 6.07) is 4.20. The largest absolute Gasteiger partial charge is 0.399 e. The summed E-state index contributed by atoms with van der Waals surface area (Å²) in [5.74, 6) is -0.576. The lowest BCUT2D eigenvalue weighted by atomic mass is 10.2. The van der Waals surface area contributed by atoms with Gasteiger partial charge < -0.3 is 10.5 Å². The number of carbonyl (C=O) groups is 1. The van der Waals surface area contributed by atoms with Crippen LogP contribution in [0.2, 0.25) is 0 Å². The fourth-order valence-electron chi connectivity index (χ4n) is 1.59. The van der Waals surface area contributed by atoms with Crippen LogP contribution in [0.4, 0.5) is 5.69 Å². The van der Waals surface area contributed by atoms with Crippen LogP contribution < -0.4 is 5.73 Å². The summed E-state index contributed by atoms with van der Waals surface area (Å²) in [5, 5.41) is 0. The van der Waals surface area contributed by atoms with Crippen molar-refractivity contribution in [2.75, 3.05) is 19.1 Å². The average molecular weight is 256 g/mol. The highest BCUT2D eigenvalue weighted by atomic mass is 32.2. The Hall–Kier alpha value is -1.60. The molecule has 2 rings (SSSR count). The van der Waals surface area contributed by atoms with E-state index in [2.05, 4.69) is 0 Å². The van der Waals surface area contributed by atoms with Gasteiger partial charge in [-0.2, -0.15) is 0 Å². The summed E-state index contributed by atoms with van der Waals surface area (Å²) in [7, 11) is -3.81. The summed E-state index contributed by atoms with van der Waals surface area (Å²) >= 11 is 0. The third-order valence-electron chi connectivity index (χ3n) is 2.44. The number of ether oxygens (including phenoxy) is 1. The SMILES string of the molecule is CCOCN1C(=O)c2ccc(N)cc2S1(=O)=O.